The second kappa shape index (κ2) is 4.72. The summed E-state index contributed by atoms with van der Waals surface area (Å²) in [7, 11) is 0. The molecule has 4 rings (SSSR count). The van der Waals surface area contributed by atoms with Crippen LogP contribution in [0.2, 0.25) is 0 Å². The summed E-state index contributed by atoms with van der Waals surface area (Å²) in [6, 6.07) is 3.80. The van der Waals surface area contributed by atoms with Gasteiger partial charge < -0.3 is 9.64 Å². The van der Waals surface area contributed by atoms with Crippen molar-refractivity contribution in [2.24, 2.45) is 0 Å². The Balaban J connectivity index is 1.52. The molecule has 0 aliphatic carbocycles. The first-order chi connectivity index (χ1) is 9.43. The molecule has 5 nitrogen and oxygen atoms in total. The van der Waals surface area contributed by atoms with Crippen molar-refractivity contribution in [3.05, 3.63) is 18.5 Å². The normalized spacial score (nSPS) is 34.9. The van der Waals surface area contributed by atoms with Crippen LogP contribution in [0, 0.1) is 0 Å². The van der Waals surface area contributed by atoms with E-state index >= 15 is 0 Å². The van der Waals surface area contributed by atoms with Crippen LogP contribution in [-0.4, -0.2) is 59.3 Å². The third kappa shape index (κ3) is 1.92. The number of nitrogens with zero attached hydrogens (tertiary/aromatic N) is 4. The molecule has 3 aliphatic heterocycles. The van der Waals surface area contributed by atoms with Gasteiger partial charge in [-0.2, -0.15) is 0 Å². The molecular weight excluding hydrogens is 240 g/mol. The summed E-state index contributed by atoms with van der Waals surface area (Å²) in [5.74, 6) is 0.902. The Labute approximate surface area is 113 Å². The molecule has 3 atom stereocenters. The zero-order chi connectivity index (χ0) is 12.7. The predicted octanol–water partition coefficient (Wildman–Crippen LogP) is 0.918. The van der Waals surface area contributed by atoms with E-state index in [0.29, 0.717) is 18.1 Å². The van der Waals surface area contributed by atoms with Crippen molar-refractivity contribution in [1.29, 1.82) is 0 Å². The highest BCUT2D eigenvalue weighted by Crippen LogP contribution is 2.35. The molecule has 0 bridgehead atoms. The molecule has 0 amide bonds. The van der Waals surface area contributed by atoms with Gasteiger partial charge in [-0.25, -0.2) is 9.97 Å². The van der Waals surface area contributed by atoms with Crippen LogP contribution in [0.4, 0.5) is 5.95 Å². The SMILES string of the molecule is c1cnc(N2CC[C@@H]3[C@@H]2CCN3[C@H]2CCOC2)nc1. The van der Waals surface area contributed by atoms with Gasteiger partial charge in [0.1, 0.15) is 0 Å². The van der Waals surface area contributed by atoms with Gasteiger partial charge in [0.05, 0.1) is 6.61 Å². The lowest BCUT2D eigenvalue weighted by atomic mass is 10.1. The molecule has 1 aromatic rings. The molecule has 5 heteroatoms. The van der Waals surface area contributed by atoms with Gasteiger partial charge >= 0.3 is 0 Å². The van der Waals surface area contributed by atoms with Gasteiger partial charge in [0, 0.05) is 50.2 Å². The minimum atomic E-state index is 0.600. The van der Waals surface area contributed by atoms with Crippen LogP contribution in [0.1, 0.15) is 19.3 Å². The van der Waals surface area contributed by atoms with Gasteiger partial charge in [-0.1, -0.05) is 0 Å². The molecule has 4 heterocycles. The van der Waals surface area contributed by atoms with E-state index in [2.05, 4.69) is 19.8 Å². The Hall–Kier alpha value is -1.20. The molecule has 3 fully saturated rings. The molecule has 1 aromatic heterocycles. The van der Waals surface area contributed by atoms with Gasteiger partial charge in [0.25, 0.3) is 0 Å². The quantitative estimate of drug-likeness (QED) is 0.791. The third-order valence-electron chi connectivity index (χ3n) is 4.80. The van der Waals surface area contributed by atoms with Crippen LogP contribution in [0.3, 0.4) is 0 Å². The molecule has 0 aromatic carbocycles. The second-order valence-corrected chi connectivity index (χ2v) is 5.71. The first-order valence-corrected chi connectivity index (χ1v) is 7.30. The highest BCUT2D eigenvalue weighted by atomic mass is 16.5. The van der Waals surface area contributed by atoms with Crippen LogP contribution in [0.25, 0.3) is 0 Å². The molecule has 0 radical (unpaired) electrons. The van der Waals surface area contributed by atoms with Gasteiger partial charge in [-0.3, -0.25) is 4.90 Å². The van der Waals surface area contributed by atoms with E-state index in [9.17, 15) is 0 Å². The molecule has 0 unspecified atom stereocenters. The van der Waals surface area contributed by atoms with E-state index in [0.717, 1.165) is 25.7 Å². The van der Waals surface area contributed by atoms with Crippen molar-refractivity contribution in [2.45, 2.75) is 37.4 Å². The van der Waals surface area contributed by atoms with Gasteiger partial charge in [-0.05, 0) is 25.3 Å². The van der Waals surface area contributed by atoms with Crippen LogP contribution < -0.4 is 4.90 Å². The number of anilines is 1. The first kappa shape index (κ1) is 11.6. The number of rotatable bonds is 2. The first-order valence-electron chi connectivity index (χ1n) is 7.30. The number of hydrogen-bond donors (Lipinski definition) is 0. The van der Waals surface area contributed by atoms with E-state index in [-0.39, 0.29) is 0 Å². The summed E-state index contributed by atoms with van der Waals surface area (Å²) in [6.45, 7) is 4.14. The molecule has 3 saturated heterocycles. The van der Waals surface area contributed by atoms with Crippen molar-refractivity contribution >= 4 is 5.95 Å². The standard InChI is InChI=1S/C14H20N4O/c1-5-15-14(16-6-1)18-8-3-12-13(18)2-7-17(12)11-4-9-19-10-11/h1,5-6,11-13H,2-4,7-10H2/t11-,12+,13-/m0/s1. The van der Waals surface area contributed by atoms with E-state index in [1.165, 1.54) is 25.8 Å². The topological polar surface area (TPSA) is 41.5 Å². The van der Waals surface area contributed by atoms with Crippen molar-refractivity contribution in [3.8, 4) is 0 Å². The maximum atomic E-state index is 5.55. The minimum Gasteiger partial charge on any atom is -0.380 e. The maximum Gasteiger partial charge on any atom is 0.225 e. The van der Waals surface area contributed by atoms with Crippen LogP contribution >= 0.6 is 0 Å². The largest absolute Gasteiger partial charge is 0.380 e. The highest BCUT2D eigenvalue weighted by molar-refractivity contribution is 5.35. The zero-order valence-electron chi connectivity index (χ0n) is 11.1. The molecule has 0 N–H and O–H groups in total. The summed E-state index contributed by atoms with van der Waals surface area (Å²) in [5.41, 5.74) is 0. The molecule has 3 aliphatic rings. The molecule has 102 valence electrons. The predicted molar refractivity (Wildman–Crippen MR) is 72.1 cm³/mol. The monoisotopic (exact) mass is 260 g/mol. The van der Waals surface area contributed by atoms with Crippen LogP contribution in [-0.2, 0) is 4.74 Å². The highest BCUT2D eigenvalue weighted by Gasteiger charge is 2.46. The Morgan fingerprint density at radius 1 is 1.05 bits per heavy atom. The van der Waals surface area contributed by atoms with Crippen LogP contribution in [0.15, 0.2) is 18.5 Å². The number of likely N-dealkylation sites (tertiary alicyclic amines) is 1. The van der Waals surface area contributed by atoms with Crippen molar-refractivity contribution in [3.63, 3.8) is 0 Å². The lowest BCUT2D eigenvalue weighted by Gasteiger charge is -2.29. The number of hydrogen-bond acceptors (Lipinski definition) is 5. The third-order valence-corrected chi connectivity index (χ3v) is 4.80. The van der Waals surface area contributed by atoms with Crippen molar-refractivity contribution < 1.29 is 4.74 Å². The van der Waals surface area contributed by atoms with E-state index in [4.69, 9.17) is 4.74 Å². The number of ether oxygens (including phenoxy) is 1. The van der Waals surface area contributed by atoms with Gasteiger partial charge in [-0.15, -0.1) is 0 Å². The maximum absolute atomic E-state index is 5.55. The van der Waals surface area contributed by atoms with Crippen molar-refractivity contribution in [2.75, 3.05) is 31.2 Å². The van der Waals surface area contributed by atoms with Gasteiger partial charge in [0.2, 0.25) is 5.95 Å². The fraction of sp³-hybridized carbons (Fsp3) is 0.714. The Kier molecular flexibility index (Phi) is 2.89. The number of aromatic nitrogens is 2. The smallest absolute Gasteiger partial charge is 0.225 e. The second-order valence-electron chi connectivity index (χ2n) is 5.71. The number of fused-ring (bicyclic) bond motifs is 1. The summed E-state index contributed by atoms with van der Waals surface area (Å²) >= 11 is 0. The summed E-state index contributed by atoms with van der Waals surface area (Å²) < 4.78 is 5.55. The average Bonchev–Trinajstić information content (AvgIpc) is 3.16. The van der Waals surface area contributed by atoms with E-state index < -0.39 is 0 Å². The summed E-state index contributed by atoms with van der Waals surface area (Å²) in [6.07, 6.45) is 7.35. The summed E-state index contributed by atoms with van der Waals surface area (Å²) in [4.78, 5) is 13.9. The lowest BCUT2D eigenvalue weighted by molar-refractivity contribution is 0.135. The Morgan fingerprint density at radius 3 is 2.68 bits per heavy atom. The van der Waals surface area contributed by atoms with Crippen LogP contribution in [0.5, 0.6) is 0 Å². The summed E-state index contributed by atoms with van der Waals surface area (Å²) in [5, 5.41) is 0. The minimum absolute atomic E-state index is 0.600. The van der Waals surface area contributed by atoms with E-state index in [1.54, 1.807) is 0 Å². The Morgan fingerprint density at radius 2 is 1.89 bits per heavy atom. The van der Waals surface area contributed by atoms with Crippen molar-refractivity contribution in [1.82, 2.24) is 14.9 Å². The van der Waals surface area contributed by atoms with E-state index in [1.807, 2.05) is 18.5 Å². The fourth-order valence-corrected chi connectivity index (χ4v) is 3.94. The van der Waals surface area contributed by atoms with Gasteiger partial charge in [0.15, 0.2) is 0 Å². The molecule has 0 saturated carbocycles. The lowest BCUT2D eigenvalue weighted by Crippen LogP contribution is -2.42. The zero-order valence-corrected chi connectivity index (χ0v) is 11.1. The molecular formula is C14H20N4O. The molecule has 0 spiro atoms. The Bertz CT molecular complexity index is 434. The fourth-order valence-electron chi connectivity index (χ4n) is 3.94. The average molecular weight is 260 g/mol. The molecule has 19 heavy (non-hydrogen) atoms.